The van der Waals surface area contributed by atoms with Crippen molar-refractivity contribution in [2.45, 2.75) is 0 Å². The van der Waals surface area contributed by atoms with Gasteiger partial charge in [0.2, 0.25) is 6.41 Å². The van der Waals surface area contributed by atoms with Crippen LogP contribution in [0.3, 0.4) is 0 Å². The summed E-state index contributed by atoms with van der Waals surface area (Å²) in [6, 6.07) is 15.0. The molecule has 0 saturated heterocycles. The van der Waals surface area contributed by atoms with Gasteiger partial charge < -0.3 is 10.1 Å². The lowest BCUT2D eigenvalue weighted by atomic mass is 10.2. The lowest BCUT2D eigenvalue weighted by molar-refractivity contribution is -0.106. The second kappa shape index (κ2) is 5.91. The van der Waals surface area contributed by atoms with Crippen LogP contribution in [0.1, 0.15) is 0 Å². The van der Waals surface area contributed by atoms with Crippen molar-refractivity contribution in [2.24, 2.45) is 0 Å². The number of benzene rings is 2. The largest absolute Gasteiger partial charge is 0.495 e. The molecule has 4 nitrogen and oxygen atoms in total. The van der Waals surface area contributed by atoms with Gasteiger partial charge in [-0.1, -0.05) is 18.2 Å². The predicted molar refractivity (Wildman–Crippen MR) is 77.2 cm³/mol. The van der Waals surface area contributed by atoms with E-state index in [2.05, 4.69) is 5.32 Å². The predicted octanol–water partition coefficient (Wildman–Crippen LogP) is 3.03. The average Bonchev–Trinajstić information content (AvgIpc) is 2.49. The molecule has 19 heavy (non-hydrogen) atoms. The summed E-state index contributed by atoms with van der Waals surface area (Å²) in [5.74, 6) is 0.741. The van der Waals surface area contributed by atoms with Gasteiger partial charge in [-0.25, -0.2) is 0 Å². The lowest BCUT2D eigenvalue weighted by Crippen LogP contribution is -2.14. The third kappa shape index (κ3) is 2.68. The maximum atomic E-state index is 11.3. The molecule has 1 N–H and O–H groups in total. The molecule has 2 aromatic rings. The van der Waals surface area contributed by atoms with Crippen LogP contribution in [0.2, 0.25) is 0 Å². The Labute approximate surface area is 112 Å². The van der Waals surface area contributed by atoms with Gasteiger partial charge in [0.1, 0.15) is 5.75 Å². The topological polar surface area (TPSA) is 41.6 Å². The van der Waals surface area contributed by atoms with Gasteiger partial charge in [0.05, 0.1) is 18.5 Å². The van der Waals surface area contributed by atoms with Crippen LogP contribution in [0.4, 0.5) is 17.1 Å². The van der Waals surface area contributed by atoms with Crippen LogP contribution in [0.5, 0.6) is 5.75 Å². The molecule has 2 rings (SSSR count). The summed E-state index contributed by atoms with van der Waals surface area (Å²) in [7, 11) is 3.43. The van der Waals surface area contributed by atoms with Crippen LogP contribution in [0.25, 0.3) is 0 Å². The number of para-hydroxylation sites is 1. The Hall–Kier alpha value is -2.49. The summed E-state index contributed by atoms with van der Waals surface area (Å²) < 4.78 is 5.24. The number of nitrogens with zero attached hydrogens (tertiary/aromatic N) is 1. The standard InChI is InChI=1S/C15H16N2O2/c1-16-14-10-13(8-9-15(14)19-2)17(11-18)12-6-4-3-5-7-12/h3-11,16H,1-2H3. The zero-order valence-electron chi connectivity index (χ0n) is 11.0. The highest BCUT2D eigenvalue weighted by molar-refractivity contribution is 5.87. The van der Waals surface area contributed by atoms with E-state index in [1.165, 1.54) is 0 Å². The molecule has 0 spiro atoms. The van der Waals surface area contributed by atoms with Gasteiger partial charge in [0.25, 0.3) is 0 Å². The van der Waals surface area contributed by atoms with Crippen molar-refractivity contribution in [1.82, 2.24) is 0 Å². The fraction of sp³-hybridized carbons (Fsp3) is 0.133. The van der Waals surface area contributed by atoms with Crippen LogP contribution in [-0.4, -0.2) is 20.6 Å². The second-order valence-corrected chi connectivity index (χ2v) is 3.95. The van der Waals surface area contributed by atoms with E-state index in [1.807, 2.05) is 55.6 Å². The average molecular weight is 256 g/mol. The molecule has 0 unspecified atom stereocenters. The Kier molecular flexibility index (Phi) is 4.03. The van der Waals surface area contributed by atoms with Gasteiger partial charge in [-0.2, -0.15) is 0 Å². The number of hydrogen-bond acceptors (Lipinski definition) is 3. The Morgan fingerprint density at radius 1 is 1.11 bits per heavy atom. The highest BCUT2D eigenvalue weighted by atomic mass is 16.5. The minimum Gasteiger partial charge on any atom is -0.495 e. The first kappa shape index (κ1) is 13.0. The van der Waals surface area contributed by atoms with E-state index in [1.54, 1.807) is 12.0 Å². The van der Waals surface area contributed by atoms with E-state index in [4.69, 9.17) is 4.74 Å². The van der Waals surface area contributed by atoms with Gasteiger partial charge >= 0.3 is 0 Å². The number of rotatable bonds is 5. The van der Waals surface area contributed by atoms with E-state index in [0.717, 1.165) is 29.2 Å². The number of amides is 1. The molecule has 2 aromatic carbocycles. The minimum absolute atomic E-state index is 0.741. The van der Waals surface area contributed by atoms with Crippen molar-refractivity contribution in [3.8, 4) is 5.75 Å². The first-order valence-electron chi connectivity index (χ1n) is 5.95. The van der Waals surface area contributed by atoms with Gasteiger partial charge in [0.15, 0.2) is 0 Å². The number of nitrogens with one attached hydrogen (secondary N) is 1. The number of ether oxygens (including phenoxy) is 1. The minimum atomic E-state index is 0.741. The second-order valence-electron chi connectivity index (χ2n) is 3.95. The van der Waals surface area contributed by atoms with Gasteiger partial charge in [-0.3, -0.25) is 9.69 Å². The first-order chi connectivity index (χ1) is 9.30. The van der Waals surface area contributed by atoms with Crippen LogP contribution < -0.4 is 15.0 Å². The zero-order chi connectivity index (χ0) is 13.7. The lowest BCUT2D eigenvalue weighted by Gasteiger charge is -2.19. The number of methoxy groups -OCH3 is 1. The Bertz CT molecular complexity index is 555. The van der Waals surface area contributed by atoms with E-state index < -0.39 is 0 Å². The maximum absolute atomic E-state index is 11.3. The summed E-state index contributed by atoms with van der Waals surface area (Å²) in [5.41, 5.74) is 2.44. The molecular weight excluding hydrogens is 240 g/mol. The zero-order valence-corrected chi connectivity index (χ0v) is 11.0. The summed E-state index contributed by atoms with van der Waals surface area (Å²) in [4.78, 5) is 12.9. The van der Waals surface area contributed by atoms with Crippen LogP contribution >= 0.6 is 0 Å². The van der Waals surface area contributed by atoms with E-state index >= 15 is 0 Å². The van der Waals surface area contributed by atoms with Crippen LogP contribution in [-0.2, 0) is 4.79 Å². The molecule has 0 aliphatic carbocycles. The molecule has 0 radical (unpaired) electrons. The molecule has 0 aliphatic heterocycles. The highest BCUT2D eigenvalue weighted by Crippen LogP contribution is 2.31. The van der Waals surface area contributed by atoms with Gasteiger partial charge in [-0.05, 0) is 30.3 Å². The van der Waals surface area contributed by atoms with Crippen molar-refractivity contribution in [2.75, 3.05) is 24.4 Å². The fourth-order valence-electron chi connectivity index (χ4n) is 1.90. The SMILES string of the molecule is CNc1cc(N(C=O)c2ccccc2)ccc1OC. The molecule has 0 fully saturated rings. The summed E-state index contributed by atoms with van der Waals surface area (Å²) in [5, 5.41) is 3.05. The summed E-state index contributed by atoms with van der Waals surface area (Å²) in [6.45, 7) is 0. The smallest absolute Gasteiger partial charge is 0.218 e. The summed E-state index contributed by atoms with van der Waals surface area (Å²) in [6.07, 6.45) is 0.802. The monoisotopic (exact) mass is 256 g/mol. The Morgan fingerprint density at radius 3 is 2.42 bits per heavy atom. The number of carbonyl (C=O) groups excluding carboxylic acids is 1. The summed E-state index contributed by atoms with van der Waals surface area (Å²) >= 11 is 0. The third-order valence-corrected chi connectivity index (χ3v) is 2.87. The first-order valence-corrected chi connectivity index (χ1v) is 5.95. The van der Waals surface area contributed by atoms with Gasteiger partial charge in [0, 0.05) is 12.7 Å². The molecule has 4 heteroatoms. The molecule has 1 amide bonds. The fourth-order valence-corrected chi connectivity index (χ4v) is 1.90. The normalized spacial score (nSPS) is 9.79. The molecular formula is C15H16N2O2. The van der Waals surface area contributed by atoms with Crippen molar-refractivity contribution in [1.29, 1.82) is 0 Å². The third-order valence-electron chi connectivity index (χ3n) is 2.87. The number of carbonyl (C=O) groups is 1. The van der Waals surface area contributed by atoms with E-state index in [0.29, 0.717) is 0 Å². The van der Waals surface area contributed by atoms with Crippen molar-refractivity contribution in [3.05, 3.63) is 48.5 Å². The molecule has 0 bridgehead atoms. The molecule has 0 aromatic heterocycles. The molecule has 0 saturated carbocycles. The van der Waals surface area contributed by atoms with Crippen molar-refractivity contribution in [3.63, 3.8) is 0 Å². The van der Waals surface area contributed by atoms with Gasteiger partial charge in [-0.15, -0.1) is 0 Å². The van der Waals surface area contributed by atoms with Crippen molar-refractivity contribution >= 4 is 23.5 Å². The number of anilines is 3. The molecule has 98 valence electrons. The molecule has 0 heterocycles. The number of hydrogen-bond donors (Lipinski definition) is 1. The highest BCUT2D eigenvalue weighted by Gasteiger charge is 2.10. The maximum Gasteiger partial charge on any atom is 0.218 e. The van der Waals surface area contributed by atoms with Crippen molar-refractivity contribution < 1.29 is 9.53 Å². The van der Waals surface area contributed by atoms with Crippen LogP contribution in [0, 0.1) is 0 Å². The Balaban J connectivity index is 2.42. The molecule has 0 atom stereocenters. The Morgan fingerprint density at radius 2 is 1.84 bits per heavy atom. The van der Waals surface area contributed by atoms with Crippen LogP contribution in [0.15, 0.2) is 48.5 Å². The quantitative estimate of drug-likeness (QED) is 0.836. The molecule has 0 aliphatic rings. The van der Waals surface area contributed by atoms with E-state index in [-0.39, 0.29) is 0 Å². The van der Waals surface area contributed by atoms with E-state index in [9.17, 15) is 4.79 Å².